The van der Waals surface area contributed by atoms with Crippen molar-refractivity contribution in [2.75, 3.05) is 0 Å². The van der Waals surface area contributed by atoms with Crippen LogP contribution in [0.1, 0.15) is 33.3 Å². The lowest BCUT2D eigenvalue weighted by Crippen LogP contribution is -2.40. The van der Waals surface area contributed by atoms with Gasteiger partial charge >= 0.3 is 6.09 Å². The van der Waals surface area contributed by atoms with Gasteiger partial charge in [0.25, 0.3) is 0 Å². The van der Waals surface area contributed by atoms with E-state index in [0.29, 0.717) is 5.75 Å². The molecule has 20 heavy (non-hydrogen) atoms. The van der Waals surface area contributed by atoms with Gasteiger partial charge in [-0.05, 0) is 33.3 Å². The number of amides is 1. The molecule has 0 saturated heterocycles. The molecule has 0 spiro atoms. The van der Waals surface area contributed by atoms with Gasteiger partial charge in [-0.3, -0.25) is 4.79 Å². The van der Waals surface area contributed by atoms with Gasteiger partial charge in [0.1, 0.15) is 5.60 Å². The van der Waals surface area contributed by atoms with Gasteiger partial charge in [0.2, 0.25) is 5.12 Å². The van der Waals surface area contributed by atoms with Gasteiger partial charge in [0.05, 0.1) is 6.04 Å². The minimum atomic E-state index is -0.571. The van der Waals surface area contributed by atoms with Crippen molar-refractivity contribution < 1.29 is 14.3 Å². The van der Waals surface area contributed by atoms with Crippen molar-refractivity contribution in [2.45, 2.75) is 45.1 Å². The van der Waals surface area contributed by atoms with Crippen LogP contribution in [0.4, 0.5) is 4.79 Å². The maximum absolute atomic E-state index is 11.9. The van der Waals surface area contributed by atoms with Crippen LogP contribution in [0.15, 0.2) is 30.3 Å². The summed E-state index contributed by atoms with van der Waals surface area (Å²) in [7, 11) is 0. The molecule has 1 rings (SSSR count). The Morgan fingerprint density at radius 1 is 1.25 bits per heavy atom. The molecule has 0 aromatic heterocycles. The van der Waals surface area contributed by atoms with Crippen molar-refractivity contribution in [3.63, 3.8) is 0 Å². The van der Waals surface area contributed by atoms with Crippen molar-refractivity contribution in [1.82, 2.24) is 5.32 Å². The molecule has 0 aliphatic carbocycles. The lowest BCUT2D eigenvalue weighted by atomic mass is 10.2. The molecule has 0 aliphatic rings. The number of benzene rings is 1. The van der Waals surface area contributed by atoms with E-state index >= 15 is 0 Å². The van der Waals surface area contributed by atoms with E-state index in [0.717, 1.165) is 5.56 Å². The highest BCUT2D eigenvalue weighted by molar-refractivity contribution is 8.13. The molecule has 0 bridgehead atoms. The summed E-state index contributed by atoms with van der Waals surface area (Å²) >= 11 is 1.19. The van der Waals surface area contributed by atoms with Crippen molar-refractivity contribution in [3.05, 3.63) is 35.9 Å². The number of ether oxygens (including phenoxy) is 1. The molecule has 1 amide bonds. The summed E-state index contributed by atoms with van der Waals surface area (Å²) < 4.78 is 5.11. The van der Waals surface area contributed by atoms with E-state index in [-0.39, 0.29) is 5.12 Å². The van der Waals surface area contributed by atoms with E-state index in [1.165, 1.54) is 11.8 Å². The summed E-state index contributed by atoms with van der Waals surface area (Å²) in [6, 6.07) is 9.16. The minimum Gasteiger partial charge on any atom is -0.444 e. The summed E-state index contributed by atoms with van der Waals surface area (Å²) in [6.45, 7) is 7.00. The van der Waals surface area contributed by atoms with Crippen LogP contribution in [0.3, 0.4) is 0 Å². The molecule has 4 nitrogen and oxygen atoms in total. The van der Waals surface area contributed by atoms with E-state index < -0.39 is 17.7 Å². The Morgan fingerprint density at radius 2 is 1.85 bits per heavy atom. The van der Waals surface area contributed by atoms with Crippen molar-refractivity contribution in [2.24, 2.45) is 0 Å². The molecular weight excluding hydrogens is 274 g/mol. The van der Waals surface area contributed by atoms with Gasteiger partial charge in [0, 0.05) is 5.75 Å². The second-order valence-electron chi connectivity index (χ2n) is 5.46. The molecule has 0 aliphatic heterocycles. The average molecular weight is 295 g/mol. The van der Waals surface area contributed by atoms with Crippen molar-refractivity contribution >= 4 is 23.0 Å². The van der Waals surface area contributed by atoms with E-state index in [1.807, 2.05) is 30.3 Å². The molecule has 1 atom stereocenters. The molecular formula is C15H21NO3S. The number of hydrogen-bond acceptors (Lipinski definition) is 4. The van der Waals surface area contributed by atoms with Gasteiger partial charge in [-0.2, -0.15) is 0 Å². The van der Waals surface area contributed by atoms with Crippen LogP contribution >= 0.6 is 11.8 Å². The number of nitrogens with one attached hydrogen (secondary N) is 1. The number of carbonyl (C=O) groups is 2. The molecule has 1 aromatic rings. The fourth-order valence-electron chi connectivity index (χ4n) is 1.40. The number of thioether (sulfide) groups is 1. The van der Waals surface area contributed by atoms with Gasteiger partial charge in [-0.1, -0.05) is 42.1 Å². The Balaban J connectivity index is 2.38. The fraction of sp³-hybridized carbons (Fsp3) is 0.467. The van der Waals surface area contributed by atoms with Crippen molar-refractivity contribution in [1.29, 1.82) is 0 Å². The monoisotopic (exact) mass is 295 g/mol. The Hall–Kier alpha value is -1.49. The lowest BCUT2D eigenvalue weighted by molar-refractivity contribution is -0.112. The van der Waals surface area contributed by atoms with Crippen LogP contribution < -0.4 is 5.32 Å². The summed E-state index contributed by atoms with van der Waals surface area (Å²) in [6.07, 6.45) is -0.571. The topological polar surface area (TPSA) is 55.4 Å². The SMILES string of the molecule is C[C@H](NC(=O)OC(C)(C)C)C(=O)SCc1ccccc1. The molecule has 0 heterocycles. The van der Waals surface area contributed by atoms with Gasteiger partial charge in [0.15, 0.2) is 0 Å². The molecule has 0 fully saturated rings. The summed E-state index contributed by atoms with van der Waals surface area (Å²) in [5.41, 5.74) is 0.514. The third kappa shape index (κ3) is 6.61. The zero-order valence-corrected chi connectivity index (χ0v) is 13.1. The molecule has 0 radical (unpaired) electrons. The van der Waals surface area contributed by atoms with E-state index in [2.05, 4.69) is 5.32 Å². The molecule has 0 unspecified atom stereocenters. The second kappa shape index (κ2) is 7.33. The highest BCUT2D eigenvalue weighted by Crippen LogP contribution is 2.15. The first-order valence-corrected chi connectivity index (χ1v) is 7.46. The lowest BCUT2D eigenvalue weighted by Gasteiger charge is -2.21. The van der Waals surface area contributed by atoms with Crippen LogP contribution in [0.25, 0.3) is 0 Å². The Morgan fingerprint density at radius 3 is 2.40 bits per heavy atom. The molecule has 5 heteroatoms. The number of alkyl carbamates (subject to hydrolysis) is 1. The number of rotatable bonds is 4. The highest BCUT2D eigenvalue weighted by atomic mass is 32.2. The number of hydrogen-bond donors (Lipinski definition) is 1. The second-order valence-corrected chi connectivity index (χ2v) is 6.44. The quantitative estimate of drug-likeness (QED) is 0.925. The minimum absolute atomic E-state index is 0.0836. The molecule has 1 N–H and O–H groups in total. The maximum Gasteiger partial charge on any atom is 0.408 e. The third-order valence-corrected chi connectivity index (χ3v) is 3.43. The number of carbonyl (C=O) groups excluding carboxylic acids is 2. The summed E-state index contributed by atoms with van der Waals surface area (Å²) in [5, 5.41) is 2.46. The molecule has 0 saturated carbocycles. The van der Waals surface area contributed by atoms with Gasteiger partial charge < -0.3 is 10.1 Å². The molecule has 1 aromatic carbocycles. The standard InChI is InChI=1S/C15H21NO3S/c1-11(16-14(18)19-15(2,3)4)13(17)20-10-12-8-6-5-7-9-12/h5-9,11H,10H2,1-4H3,(H,16,18)/t11-/m0/s1. The maximum atomic E-state index is 11.9. The van der Waals surface area contributed by atoms with Crippen molar-refractivity contribution in [3.8, 4) is 0 Å². The Kier molecular flexibility index (Phi) is 6.07. The van der Waals surface area contributed by atoms with Crippen LogP contribution in [-0.4, -0.2) is 22.9 Å². The third-order valence-electron chi connectivity index (χ3n) is 2.31. The van der Waals surface area contributed by atoms with Crippen LogP contribution in [0.2, 0.25) is 0 Å². The first-order valence-electron chi connectivity index (χ1n) is 6.48. The predicted octanol–water partition coefficient (Wildman–Crippen LogP) is 3.36. The first-order chi connectivity index (χ1) is 9.28. The summed E-state index contributed by atoms with van der Waals surface area (Å²) in [5.74, 6) is 0.597. The zero-order valence-electron chi connectivity index (χ0n) is 12.3. The predicted molar refractivity (Wildman–Crippen MR) is 81.6 cm³/mol. The van der Waals surface area contributed by atoms with E-state index in [9.17, 15) is 9.59 Å². The van der Waals surface area contributed by atoms with Gasteiger partial charge in [-0.15, -0.1) is 0 Å². The first kappa shape index (κ1) is 16.6. The van der Waals surface area contributed by atoms with E-state index in [1.54, 1.807) is 27.7 Å². The van der Waals surface area contributed by atoms with Crippen LogP contribution in [0, 0.1) is 0 Å². The van der Waals surface area contributed by atoms with Crippen LogP contribution in [-0.2, 0) is 15.3 Å². The molecule has 110 valence electrons. The van der Waals surface area contributed by atoms with Crippen LogP contribution in [0.5, 0.6) is 0 Å². The van der Waals surface area contributed by atoms with Gasteiger partial charge in [-0.25, -0.2) is 4.79 Å². The van der Waals surface area contributed by atoms with E-state index in [4.69, 9.17) is 4.74 Å². The zero-order chi connectivity index (χ0) is 15.2. The average Bonchev–Trinajstić information content (AvgIpc) is 2.34. The highest BCUT2D eigenvalue weighted by Gasteiger charge is 2.21. The Labute approximate surface area is 124 Å². The Bertz CT molecular complexity index is 454. The fourth-order valence-corrected chi connectivity index (χ4v) is 2.21. The summed E-state index contributed by atoms with van der Waals surface area (Å²) in [4.78, 5) is 23.5. The smallest absolute Gasteiger partial charge is 0.408 e. The normalized spacial score (nSPS) is 12.6. The largest absolute Gasteiger partial charge is 0.444 e.